The Labute approximate surface area is 190 Å². The van der Waals surface area contributed by atoms with Gasteiger partial charge in [0.1, 0.15) is 4.88 Å². The third-order valence-corrected chi connectivity index (χ3v) is 6.49. The fourth-order valence-electron chi connectivity index (χ4n) is 3.33. The fourth-order valence-corrected chi connectivity index (χ4v) is 4.64. The van der Waals surface area contributed by atoms with E-state index in [9.17, 15) is 9.59 Å². The van der Waals surface area contributed by atoms with Crippen LogP contribution < -0.4 is 10.6 Å². The lowest BCUT2D eigenvalue weighted by Gasteiger charge is -2.21. The lowest BCUT2D eigenvalue weighted by atomic mass is 10.0. The van der Waals surface area contributed by atoms with E-state index in [0.717, 1.165) is 25.1 Å². The molecule has 1 aromatic heterocycles. The first-order valence-electron chi connectivity index (χ1n) is 9.94. The molecule has 3 rings (SSSR count). The molecule has 0 spiro atoms. The van der Waals surface area contributed by atoms with Crippen LogP contribution in [-0.2, 0) is 9.59 Å². The van der Waals surface area contributed by atoms with Gasteiger partial charge in [-0.2, -0.15) is 0 Å². The second-order valence-corrected chi connectivity index (χ2v) is 9.14. The summed E-state index contributed by atoms with van der Waals surface area (Å²) in [5, 5.41) is 13.0. The Kier molecular flexibility index (Phi) is 11.0. The van der Waals surface area contributed by atoms with Gasteiger partial charge in [-0.05, 0) is 32.0 Å². The van der Waals surface area contributed by atoms with Crippen LogP contribution in [0.2, 0.25) is 0 Å². The van der Waals surface area contributed by atoms with E-state index in [1.165, 1.54) is 16.2 Å². The van der Waals surface area contributed by atoms with Crippen molar-refractivity contribution in [3.05, 3.63) is 46.9 Å². The zero-order valence-electron chi connectivity index (χ0n) is 17.4. The molecule has 0 aliphatic carbocycles. The molecular weight excluding hydrogens is 436 g/mol. The predicted octanol–water partition coefficient (Wildman–Crippen LogP) is 2.19. The summed E-state index contributed by atoms with van der Waals surface area (Å²) in [6, 6.07) is 10.2. The summed E-state index contributed by atoms with van der Waals surface area (Å²) >= 11 is 3.08. The third-order valence-electron chi connectivity index (χ3n) is 4.70. The Morgan fingerprint density at radius 3 is 2.71 bits per heavy atom. The number of likely N-dealkylation sites (tertiary alicyclic amines) is 1. The van der Waals surface area contributed by atoms with Crippen molar-refractivity contribution >= 4 is 41.4 Å². The molecule has 0 radical (unpaired) electrons. The molecule has 168 valence electrons. The molecule has 0 unspecified atom stereocenters. The highest BCUT2D eigenvalue weighted by atomic mass is 32.2. The predicted molar refractivity (Wildman–Crippen MR) is 122 cm³/mol. The Hall–Kier alpha value is -2.43. The van der Waals surface area contributed by atoms with Gasteiger partial charge in [-0.15, -0.1) is 23.1 Å². The van der Waals surface area contributed by atoms with Crippen molar-refractivity contribution in [2.75, 3.05) is 32.4 Å². The summed E-state index contributed by atoms with van der Waals surface area (Å²) in [6.45, 7) is 1.87. The number of hydrogen-bond donors (Lipinski definition) is 3. The van der Waals surface area contributed by atoms with Crippen LogP contribution in [0.15, 0.2) is 46.9 Å². The van der Waals surface area contributed by atoms with Gasteiger partial charge in [0.25, 0.3) is 12.4 Å². The Balaban J connectivity index is 0.00000107. The number of hydrogen-bond acceptors (Lipinski definition) is 7. The number of thiazole rings is 1. The lowest BCUT2D eigenvalue weighted by Crippen LogP contribution is -2.41. The van der Waals surface area contributed by atoms with Crippen molar-refractivity contribution < 1.29 is 19.5 Å². The maximum absolute atomic E-state index is 12.6. The topological polar surface area (TPSA) is 112 Å². The van der Waals surface area contributed by atoms with Crippen LogP contribution in [0.3, 0.4) is 0 Å². The zero-order valence-corrected chi connectivity index (χ0v) is 19.0. The van der Waals surface area contributed by atoms with Gasteiger partial charge in [-0.3, -0.25) is 19.4 Å². The number of thioether (sulfide) groups is 1. The SMILES string of the molecule is CN1C[C@@H](NC(=O)c2cncs2)CC[C@@H](C(=O)NCCSc2ccccc2)C1.O=CO. The highest BCUT2D eigenvalue weighted by Gasteiger charge is 2.27. The molecule has 1 fully saturated rings. The quantitative estimate of drug-likeness (QED) is 0.327. The van der Waals surface area contributed by atoms with E-state index in [-0.39, 0.29) is 30.2 Å². The molecule has 2 heterocycles. The Morgan fingerprint density at radius 2 is 2.03 bits per heavy atom. The first-order chi connectivity index (χ1) is 15.0. The first kappa shape index (κ1) is 24.8. The number of likely N-dealkylation sites (N-methyl/N-ethyl adjacent to an activating group) is 1. The molecule has 2 aromatic rings. The van der Waals surface area contributed by atoms with Crippen LogP contribution in [-0.4, -0.2) is 71.8 Å². The van der Waals surface area contributed by atoms with Crippen molar-refractivity contribution in [3.8, 4) is 0 Å². The van der Waals surface area contributed by atoms with Crippen LogP contribution >= 0.6 is 23.1 Å². The first-order valence-corrected chi connectivity index (χ1v) is 11.8. The summed E-state index contributed by atoms with van der Waals surface area (Å²) in [5.74, 6) is 0.833. The van der Waals surface area contributed by atoms with Gasteiger partial charge in [0.05, 0.1) is 17.6 Å². The number of rotatable bonds is 7. The van der Waals surface area contributed by atoms with Gasteiger partial charge in [-0.1, -0.05) is 18.2 Å². The van der Waals surface area contributed by atoms with Gasteiger partial charge in [0.15, 0.2) is 0 Å². The molecule has 1 aromatic carbocycles. The molecule has 1 aliphatic heterocycles. The van der Waals surface area contributed by atoms with Gasteiger partial charge in [0.2, 0.25) is 5.91 Å². The number of benzene rings is 1. The number of nitrogens with one attached hydrogen (secondary N) is 2. The summed E-state index contributed by atoms with van der Waals surface area (Å²) in [4.78, 5) is 41.1. The molecule has 10 heteroatoms. The maximum Gasteiger partial charge on any atom is 0.290 e. The van der Waals surface area contributed by atoms with Crippen molar-refractivity contribution in [2.24, 2.45) is 5.92 Å². The molecular formula is C21H28N4O4S2. The molecule has 2 atom stereocenters. The van der Waals surface area contributed by atoms with E-state index >= 15 is 0 Å². The van der Waals surface area contributed by atoms with E-state index < -0.39 is 0 Å². The highest BCUT2D eigenvalue weighted by Crippen LogP contribution is 2.18. The minimum absolute atomic E-state index is 0.0444. The second kappa shape index (κ2) is 13.8. The van der Waals surface area contributed by atoms with Crippen LogP contribution in [0.4, 0.5) is 0 Å². The minimum Gasteiger partial charge on any atom is -0.483 e. The summed E-state index contributed by atoms with van der Waals surface area (Å²) in [5.41, 5.74) is 1.66. The molecule has 1 aliphatic rings. The number of carbonyl (C=O) groups is 3. The molecule has 8 nitrogen and oxygen atoms in total. The summed E-state index contributed by atoms with van der Waals surface area (Å²) in [7, 11) is 2.00. The van der Waals surface area contributed by atoms with Gasteiger partial charge in [0, 0.05) is 36.3 Å². The van der Waals surface area contributed by atoms with Crippen LogP contribution in [0, 0.1) is 5.92 Å². The van der Waals surface area contributed by atoms with E-state index in [1.807, 2.05) is 25.2 Å². The lowest BCUT2D eigenvalue weighted by molar-refractivity contribution is -0.125. The molecule has 0 saturated carbocycles. The normalized spacial score (nSPS) is 18.7. The summed E-state index contributed by atoms with van der Waals surface area (Å²) < 4.78 is 0. The smallest absolute Gasteiger partial charge is 0.290 e. The molecule has 3 N–H and O–H groups in total. The number of amides is 2. The average molecular weight is 465 g/mol. The Bertz CT molecular complexity index is 805. The zero-order chi connectivity index (χ0) is 22.5. The van der Waals surface area contributed by atoms with Crippen LogP contribution in [0.5, 0.6) is 0 Å². The number of nitrogens with zero attached hydrogens (tertiary/aromatic N) is 2. The second-order valence-electron chi connectivity index (χ2n) is 7.09. The largest absolute Gasteiger partial charge is 0.483 e. The molecule has 31 heavy (non-hydrogen) atoms. The fraction of sp³-hybridized carbons (Fsp3) is 0.429. The average Bonchev–Trinajstić information content (AvgIpc) is 3.24. The third kappa shape index (κ3) is 9.07. The highest BCUT2D eigenvalue weighted by molar-refractivity contribution is 7.99. The van der Waals surface area contributed by atoms with Gasteiger partial charge < -0.3 is 20.6 Å². The van der Waals surface area contributed by atoms with Gasteiger partial charge >= 0.3 is 0 Å². The van der Waals surface area contributed by atoms with Crippen molar-refractivity contribution in [1.29, 1.82) is 0 Å². The van der Waals surface area contributed by atoms with E-state index in [0.29, 0.717) is 18.0 Å². The van der Waals surface area contributed by atoms with Crippen molar-refractivity contribution in [2.45, 2.75) is 23.8 Å². The minimum atomic E-state index is -0.250. The van der Waals surface area contributed by atoms with E-state index in [2.05, 4.69) is 32.7 Å². The monoisotopic (exact) mass is 464 g/mol. The molecule has 2 amide bonds. The number of aromatic nitrogens is 1. The maximum atomic E-state index is 12.6. The standard InChI is InChI=1S/C20H26N4O2S2.CH2O2/c1-24-12-15(19(25)22-9-10-27-17-5-3-2-4-6-17)7-8-16(13-24)23-20(26)18-11-21-14-28-18;2-1-3/h2-6,11,14-16H,7-10,12-13H2,1H3,(H,22,25)(H,23,26);1H,(H,2,3)/t15-,16+;/m1./s1. The van der Waals surface area contributed by atoms with Crippen LogP contribution in [0.25, 0.3) is 0 Å². The van der Waals surface area contributed by atoms with Crippen LogP contribution in [0.1, 0.15) is 22.5 Å². The van der Waals surface area contributed by atoms with Crippen molar-refractivity contribution in [1.82, 2.24) is 20.5 Å². The molecule has 1 saturated heterocycles. The number of carbonyl (C=O) groups excluding carboxylic acids is 2. The van der Waals surface area contributed by atoms with Crippen molar-refractivity contribution in [3.63, 3.8) is 0 Å². The van der Waals surface area contributed by atoms with Gasteiger partial charge in [-0.25, -0.2) is 0 Å². The van der Waals surface area contributed by atoms with E-state index in [4.69, 9.17) is 9.90 Å². The summed E-state index contributed by atoms with van der Waals surface area (Å²) in [6.07, 6.45) is 3.16. The molecule has 0 bridgehead atoms. The number of carboxylic acid groups (broad SMARTS) is 1. The Morgan fingerprint density at radius 1 is 1.29 bits per heavy atom. The van der Waals surface area contributed by atoms with E-state index in [1.54, 1.807) is 23.5 Å².